The fraction of sp³-hybridized carbons (Fsp3) is 0.360. The number of benzene rings is 2. The van der Waals surface area contributed by atoms with E-state index in [4.69, 9.17) is 9.47 Å². The lowest BCUT2D eigenvalue weighted by molar-refractivity contribution is -0.0947. The van der Waals surface area contributed by atoms with Gasteiger partial charge in [0.2, 0.25) is 0 Å². The van der Waals surface area contributed by atoms with Crippen LogP contribution in [-0.2, 0) is 15.1 Å². The van der Waals surface area contributed by atoms with Crippen LogP contribution in [0.1, 0.15) is 48.3 Å². The van der Waals surface area contributed by atoms with Crippen molar-refractivity contribution in [1.82, 2.24) is 4.98 Å². The van der Waals surface area contributed by atoms with Gasteiger partial charge in [-0.05, 0) is 48.2 Å². The second-order valence-electron chi connectivity index (χ2n) is 7.98. The number of rotatable bonds is 4. The number of aliphatic hydroxyl groups excluding tert-OH is 1. The summed E-state index contributed by atoms with van der Waals surface area (Å²) >= 11 is 0. The number of nitrogens with zero attached hydrogens (tertiary/aromatic N) is 2. The predicted molar refractivity (Wildman–Crippen MR) is 116 cm³/mol. The first-order valence-corrected chi connectivity index (χ1v) is 10.2. The summed E-state index contributed by atoms with van der Waals surface area (Å²) in [6.07, 6.45) is 1.02. The van der Waals surface area contributed by atoms with Crippen molar-refractivity contribution in [3.8, 4) is 17.2 Å². The third-order valence-corrected chi connectivity index (χ3v) is 6.08. The Morgan fingerprint density at radius 1 is 1.17 bits per heavy atom. The molecule has 1 N–H and O–H groups in total. The molecule has 1 aliphatic heterocycles. The Morgan fingerprint density at radius 2 is 1.87 bits per heavy atom. The van der Waals surface area contributed by atoms with Crippen LogP contribution in [-0.4, -0.2) is 30.4 Å². The van der Waals surface area contributed by atoms with Gasteiger partial charge in [0.25, 0.3) is 0 Å². The molecule has 2 heterocycles. The first-order valence-electron chi connectivity index (χ1n) is 10.2. The Balaban J connectivity index is 1.82. The number of aliphatic hydroxyl groups is 1. The Bertz CT molecular complexity index is 1110. The molecule has 2 aromatic carbocycles. The van der Waals surface area contributed by atoms with Crippen molar-refractivity contribution in [1.29, 1.82) is 5.26 Å². The van der Waals surface area contributed by atoms with Crippen molar-refractivity contribution in [2.45, 2.75) is 38.4 Å². The van der Waals surface area contributed by atoms with Crippen LogP contribution in [0.5, 0.6) is 0 Å². The number of hydrogen-bond donors (Lipinski definition) is 1. The summed E-state index contributed by atoms with van der Waals surface area (Å²) in [7, 11) is 1.75. The van der Waals surface area contributed by atoms with E-state index in [-0.39, 0.29) is 5.60 Å². The quantitative estimate of drug-likeness (QED) is 0.679. The molecule has 1 aliphatic rings. The highest BCUT2D eigenvalue weighted by Gasteiger charge is 2.34. The molecule has 1 aromatic heterocycles. The zero-order valence-corrected chi connectivity index (χ0v) is 17.6. The van der Waals surface area contributed by atoms with Gasteiger partial charge in [0.15, 0.2) is 0 Å². The van der Waals surface area contributed by atoms with Crippen LogP contribution in [0.2, 0.25) is 0 Å². The second kappa shape index (κ2) is 8.16. The maximum Gasteiger partial charge on any atom is 0.149 e. The molecule has 0 radical (unpaired) electrons. The van der Waals surface area contributed by atoms with E-state index in [0.29, 0.717) is 18.9 Å². The van der Waals surface area contributed by atoms with Crippen LogP contribution in [0.3, 0.4) is 0 Å². The van der Waals surface area contributed by atoms with Gasteiger partial charge >= 0.3 is 0 Å². The van der Waals surface area contributed by atoms with Gasteiger partial charge in [-0.25, -0.2) is 4.98 Å². The van der Waals surface area contributed by atoms with Crippen molar-refractivity contribution < 1.29 is 14.6 Å². The van der Waals surface area contributed by atoms with Crippen LogP contribution in [0.4, 0.5) is 0 Å². The van der Waals surface area contributed by atoms with Crippen LogP contribution in [0, 0.1) is 18.3 Å². The zero-order chi connectivity index (χ0) is 21.3. The largest absolute Gasteiger partial charge is 0.389 e. The zero-order valence-electron chi connectivity index (χ0n) is 17.6. The highest BCUT2D eigenvalue weighted by molar-refractivity contribution is 5.89. The first kappa shape index (κ1) is 20.5. The van der Waals surface area contributed by atoms with E-state index in [1.165, 1.54) is 0 Å². The summed E-state index contributed by atoms with van der Waals surface area (Å²) in [6.45, 7) is 5.08. The second-order valence-corrected chi connectivity index (χ2v) is 7.98. The maximum absolute atomic E-state index is 10.3. The SMILES string of the molecule is COC1(c2ccc(-c3cc4c(C(C)O)cc(C)cc4nc3C#N)cc2)CCOCC1. The fourth-order valence-corrected chi connectivity index (χ4v) is 4.37. The standard InChI is InChI=1S/C25H26N2O3/c1-16-12-20(17(2)28)22-14-21(24(15-26)27-23(22)13-16)18-4-6-19(7-5-18)25(29-3)8-10-30-11-9-25/h4-7,12-14,17,28H,8-11H2,1-3H3. The number of aryl methyl sites for hydroxylation is 1. The van der Waals surface area contributed by atoms with Crippen LogP contribution in [0.25, 0.3) is 22.0 Å². The maximum atomic E-state index is 10.3. The fourth-order valence-electron chi connectivity index (χ4n) is 4.37. The Morgan fingerprint density at radius 3 is 2.47 bits per heavy atom. The van der Waals surface area contributed by atoms with Gasteiger partial charge in [0.05, 0.1) is 17.2 Å². The molecule has 1 saturated heterocycles. The van der Waals surface area contributed by atoms with Crippen molar-refractivity contribution in [2.24, 2.45) is 0 Å². The predicted octanol–water partition coefficient (Wildman–Crippen LogP) is 4.79. The summed E-state index contributed by atoms with van der Waals surface area (Å²) in [5, 5.41) is 20.8. The van der Waals surface area contributed by atoms with E-state index in [1.807, 2.05) is 37.3 Å². The number of aromatic nitrogens is 1. The first-order chi connectivity index (χ1) is 14.5. The molecule has 3 aromatic rings. The van der Waals surface area contributed by atoms with E-state index in [2.05, 4.69) is 23.2 Å². The van der Waals surface area contributed by atoms with Crippen molar-refractivity contribution in [3.05, 3.63) is 64.8 Å². The molecular formula is C25H26N2O3. The molecule has 0 bridgehead atoms. The summed E-state index contributed by atoms with van der Waals surface area (Å²) in [5.41, 5.74) is 5.40. The van der Waals surface area contributed by atoms with Crippen LogP contribution < -0.4 is 0 Å². The third-order valence-electron chi connectivity index (χ3n) is 6.08. The molecule has 0 amide bonds. The number of ether oxygens (including phenoxy) is 2. The number of hydrogen-bond acceptors (Lipinski definition) is 5. The third kappa shape index (κ3) is 3.59. The average molecular weight is 402 g/mol. The van der Waals surface area contributed by atoms with Crippen molar-refractivity contribution in [2.75, 3.05) is 20.3 Å². The van der Waals surface area contributed by atoms with E-state index in [0.717, 1.165) is 51.6 Å². The van der Waals surface area contributed by atoms with Gasteiger partial charge in [-0.3, -0.25) is 0 Å². The average Bonchev–Trinajstić information content (AvgIpc) is 2.78. The molecule has 0 saturated carbocycles. The van der Waals surface area contributed by atoms with Crippen molar-refractivity contribution >= 4 is 10.9 Å². The van der Waals surface area contributed by atoms with E-state index in [1.54, 1.807) is 14.0 Å². The molecule has 5 nitrogen and oxygen atoms in total. The molecule has 1 unspecified atom stereocenters. The summed E-state index contributed by atoms with van der Waals surface area (Å²) in [4.78, 5) is 4.60. The minimum absolute atomic E-state index is 0.326. The van der Waals surface area contributed by atoms with Crippen LogP contribution >= 0.6 is 0 Å². The van der Waals surface area contributed by atoms with E-state index < -0.39 is 6.10 Å². The Kier molecular flexibility index (Phi) is 5.57. The number of methoxy groups -OCH3 is 1. The molecule has 0 spiro atoms. The van der Waals surface area contributed by atoms with Gasteiger partial charge < -0.3 is 14.6 Å². The molecule has 4 rings (SSSR count). The molecule has 154 valence electrons. The monoisotopic (exact) mass is 402 g/mol. The molecule has 30 heavy (non-hydrogen) atoms. The van der Waals surface area contributed by atoms with Gasteiger partial charge in [0, 0.05) is 44.1 Å². The Labute approximate surface area is 176 Å². The molecule has 5 heteroatoms. The minimum atomic E-state index is -0.618. The smallest absolute Gasteiger partial charge is 0.149 e. The lowest BCUT2D eigenvalue weighted by atomic mass is 9.85. The summed E-state index contributed by atoms with van der Waals surface area (Å²) in [6, 6.07) is 16.3. The topological polar surface area (TPSA) is 75.4 Å². The summed E-state index contributed by atoms with van der Waals surface area (Å²) in [5.74, 6) is 0. The van der Waals surface area contributed by atoms with Gasteiger partial charge in [0.1, 0.15) is 11.8 Å². The van der Waals surface area contributed by atoms with Gasteiger partial charge in [-0.1, -0.05) is 30.3 Å². The van der Waals surface area contributed by atoms with E-state index >= 15 is 0 Å². The minimum Gasteiger partial charge on any atom is -0.389 e. The van der Waals surface area contributed by atoms with Gasteiger partial charge in [-0.2, -0.15) is 5.26 Å². The highest BCUT2D eigenvalue weighted by atomic mass is 16.5. The lowest BCUT2D eigenvalue weighted by Gasteiger charge is -2.36. The lowest BCUT2D eigenvalue weighted by Crippen LogP contribution is -2.35. The van der Waals surface area contributed by atoms with E-state index in [9.17, 15) is 10.4 Å². The number of pyridine rings is 1. The van der Waals surface area contributed by atoms with Gasteiger partial charge in [-0.15, -0.1) is 0 Å². The summed E-state index contributed by atoms with van der Waals surface area (Å²) < 4.78 is 11.4. The molecule has 1 atom stereocenters. The van der Waals surface area contributed by atoms with Crippen LogP contribution in [0.15, 0.2) is 42.5 Å². The normalized spacial score (nSPS) is 16.9. The molecular weight excluding hydrogens is 376 g/mol. The molecule has 1 fully saturated rings. The molecule has 0 aliphatic carbocycles. The number of fused-ring (bicyclic) bond motifs is 1. The van der Waals surface area contributed by atoms with Crippen molar-refractivity contribution in [3.63, 3.8) is 0 Å². The number of nitriles is 1. The highest BCUT2D eigenvalue weighted by Crippen LogP contribution is 2.37. The Hall–Kier alpha value is -2.78.